The lowest BCUT2D eigenvalue weighted by Gasteiger charge is -2.12. The Morgan fingerprint density at radius 3 is 2.78 bits per heavy atom. The van der Waals surface area contributed by atoms with Gasteiger partial charge in [0.15, 0.2) is 0 Å². The molecule has 0 saturated carbocycles. The second kappa shape index (κ2) is 9.19. The van der Waals surface area contributed by atoms with Gasteiger partial charge < -0.3 is 19.1 Å². The van der Waals surface area contributed by atoms with Crippen LogP contribution in [0.15, 0.2) is 74.6 Å². The first kappa shape index (κ1) is 21.5. The molecular weight excluding hydrogens is 476 g/mol. The van der Waals surface area contributed by atoms with Crippen LogP contribution in [0.1, 0.15) is 5.56 Å². The topological polar surface area (TPSA) is 99.2 Å². The predicted molar refractivity (Wildman–Crippen MR) is 123 cm³/mol. The molecule has 2 aromatic heterocycles. The summed E-state index contributed by atoms with van der Waals surface area (Å²) in [6, 6.07) is 15.9. The number of hydrogen-bond acceptors (Lipinski definition) is 6. The Hall–Kier alpha value is -3.72. The Bertz CT molecular complexity index is 1350. The second-order valence-electron chi connectivity index (χ2n) is 7.07. The molecular formula is C23H19BrN4O4. The van der Waals surface area contributed by atoms with Gasteiger partial charge in [-0.25, -0.2) is 0 Å². The molecule has 2 heterocycles. The third-order valence-corrected chi connectivity index (χ3v) is 5.18. The molecule has 9 heteroatoms. The summed E-state index contributed by atoms with van der Waals surface area (Å²) in [7, 11) is 1.53. The summed E-state index contributed by atoms with van der Waals surface area (Å²) in [5, 5.41) is 6.80. The summed E-state index contributed by atoms with van der Waals surface area (Å²) in [4.78, 5) is 29.3. The van der Waals surface area contributed by atoms with Crippen LogP contribution in [0.3, 0.4) is 0 Å². The zero-order valence-corrected chi connectivity index (χ0v) is 18.9. The van der Waals surface area contributed by atoms with Crippen LogP contribution < -0.4 is 15.6 Å². The molecule has 8 nitrogen and oxygen atoms in total. The molecule has 1 N–H and O–H groups in total. The SMILES string of the molecule is COc1ccc(C)cc1NC(=O)Cn1cc(-c2nc(-c3cccc(Br)c3)no2)ccc1=O. The largest absolute Gasteiger partial charge is 0.495 e. The second-order valence-corrected chi connectivity index (χ2v) is 7.98. The number of nitrogens with one attached hydrogen (secondary N) is 1. The molecule has 162 valence electrons. The van der Waals surface area contributed by atoms with Crippen molar-refractivity contribution in [2.24, 2.45) is 0 Å². The van der Waals surface area contributed by atoms with Gasteiger partial charge in [0.1, 0.15) is 12.3 Å². The lowest BCUT2D eigenvalue weighted by atomic mass is 10.2. The minimum Gasteiger partial charge on any atom is -0.495 e. The van der Waals surface area contributed by atoms with Gasteiger partial charge in [-0.05, 0) is 42.8 Å². The molecule has 0 aliphatic heterocycles. The molecule has 0 fully saturated rings. The molecule has 0 atom stereocenters. The lowest BCUT2D eigenvalue weighted by Crippen LogP contribution is -2.27. The number of amides is 1. The van der Waals surface area contributed by atoms with Crippen molar-refractivity contribution in [1.29, 1.82) is 0 Å². The molecule has 0 aliphatic rings. The number of nitrogens with zero attached hydrogens (tertiary/aromatic N) is 3. The van der Waals surface area contributed by atoms with Gasteiger partial charge in [0, 0.05) is 22.3 Å². The number of halogens is 1. The van der Waals surface area contributed by atoms with Crippen molar-refractivity contribution in [2.75, 3.05) is 12.4 Å². The van der Waals surface area contributed by atoms with Crippen LogP contribution >= 0.6 is 15.9 Å². The number of aryl methyl sites for hydroxylation is 1. The third kappa shape index (κ3) is 4.78. The highest BCUT2D eigenvalue weighted by Gasteiger charge is 2.14. The summed E-state index contributed by atoms with van der Waals surface area (Å²) in [5.74, 6) is 0.835. The predicted octanol–water partition coefficient (Wildman–Crippen LogP) is 4.28. The van der Waals surface area contributed by atoms with E-state index in [9.17, 15) is 9.59 Å². The number of ether oxygens (including phenoxy) is 1. The lowest BCUT2D eigenvalue weighted by molar-refractivity contribution is -0.116. The van der Waals surface area contributed by atoms with Gasteiger partial charge in [0.25, 0.3) is 11.4 Å². The summed E-state index contributed by atoms with van der Waals surface area (Å²) >= 11 is 3.42. The van der Waals surface area contributed by atoms with E-state index in [1.54, 1.807) is 18.2 Å². The molecule has 1 amide bonds. The van der Waals surface area contributed by atoms with E-state index in [2.05, 4.69) is 31.4 Å². The normalized spacial score (nSPS) is 10.7. The quantitative estimate of drug-likeness (QED) is 0.429. The molecule has 0 aliphatic carbocycles. The molecule has 0 radical (unpaired) electrons. The zero-order valence-electron chi connectivity index (χ0n) is 17.3. The van der Waals surface area contributed by atoms with E-state index in [1.165, 1.54) is 23.9 Å². The maximum atomic E-state index is 12.6. The third-order valence-electron chi connectivity index (χ3n) is 4.68. The van der Waals surface area contributed by atoms with E-state index in [1.807, 2.05) is 37.3 Å². The highest BCUT2D eigenvalue weighted by Crippen LogP contribution is 2.26. The zero-order chi connectivity index (χ0) is 22.7. The van der Waals surface area contributed by atoms with Crippen molar-refractivity contribution < 1.29 is 14.1 Å². The van der Waals surface area contributed by atoms with Gasteiger partial charge in [0.05, 0.1) is 18.4 Å². The average Bonchev–Trinajstić information content (AvgIpc) is 3.26. The van der Waals surface area contributed by atoms with E-state index in [0.29, 0.717) is 22.8 Å². The number of pyridine rings is 1. The van der Waals surface area contributed by atoms with Crippen molar-refractivity contribution in [3.05, 3.63) is 81.2 Å². The van der Waals surface area contributed by atoms with Crippen LogP contribution in [0.2, 0.25) is 0 Å². The van der Waals surface area contributed by atoms with Crippen LogP contribution in [0.4, 0.5) is 5.69 Å². The van der Waals surface area contributed by atoms with Gasteiger partial charge in [0.2, 0.25) is 11.7 Å². The number of methoxy groups -OCH3 is 1. The number of carbonyl (C=O) groups is 1. The van der Waals surface area contributed by atoms with Gasteiger partial charge >= 0.3 is 0 Å². The van der Waals surface area contributed by atoms with Crippen molar-refractivity contribution in [3.8, 4) is 28.6 Å². The molecule has 0 unspecified atom stereocenters. The first-order valence-corrected chi connectivity index (χ1v) is 10.5. The summed E-state index contributed by atoms with van der Waals surface area (Å²) in [5.41, 5.74) is 2.50. The number of hydrogen-bond donors (Lipinski definition) is 1. The first-order chi connectivity index (χ1) is 15.4. The Morgan fingerprint density at radius 1 is 1.16 bits per heavy atom. The van der Waals surface area contributed by atoms with Crippen LogP contribution in [0, 0.1) is 6.92 Å². The van der Waals surface area contributed by atoms with Gasteiger partial charge in [-0.2, -0.15) is 4.98 Å². The number of anilines is 1. The Balaban J connectivity index is 1.55. The molecule has 4 rings (SSSR count). The summed E-state index contributed by atoms with van der Waals surface area (Å²) < 4.78 is 12.8. The fourth-order valence-electron chi connectivity index (χ4n) is 3.13. The van der Waals surface area contributed by atoms with Crippen LogP contribution in [-0.2, 0) is 11.3 Å². The summed E-state index contributed by atoms with van der Waals surface area (Å²) in [6.45, 7) is 1.73. The number of carbonyl (C=O) groups excluding carboxylic acids is 1. The fourth-order valence-corrected chi connectivity index (χ4v) is 3.53. The monoisotopic (exact) mass is 494 g/mol. The van der Waals surface area contributed by atoms with Crippen LogP contribution in [0.5, 0.6) is 5.75 Å². The Kier molecular flexibility index (Phi) is 6.18. The molecule has 0 spiro atoms. The van der Waals surface area contributed by atoms with Crippen molar-refractivity contribution in [2.45, 2.75) is 13.5 Å². The fraction of sp³-hybridized carbons (Fsp3) is 0.130. The van der Waals surface area contributed by atoms with Gasteiger partial charge in [-0.15, -0.1) is 0 Å². The minimum atomic E-state index is -0.367. The van der Waals surface area contributed by atoms with E-state index in [-0.39, 0.29) is 23.9 Å². The smallest absolute Gasteiger partial charge is 0.259 e. The number of aromatic nitrogens is 3. The Labute approximate surface area is 192 Å². The van der Waals surface area contributed by atoms with Crippen LogP contribution in [0.25, 0.3) is 22.8 Å². The highest BCUT2D eigenvalue weighted by molar-refractivity contribution is 9.10. The van der Waals surface area contributed by atoms with Crippen molar-refractivity contribution >= 4 is 27.5 Å². The van der Waals surface area contributed by atoms with Crippen LogP contribution in [-0.4, -0.2) is 27.7 Å². The average molecular weight is 495 g/mol. The molecule has 0 saturated heterocycles. The van der Waals surface area contributed by atoms with Gasteiger partial charge in [-0.3, -0.25) is 9.59 Å². The van der Waals surface area contributed by atoms with E-state index < -0.39 is 0 Å². The van der Waals surface area contributed by atoms with Crippen molar-refractivity contribution in [1.82, 2.24) is 14.7 Å². The Morgan fingerprint density at radius 2 is 2.00 bits per heavy atom. The molecule has 0 bridgehead atoms. The van der Waals surface area contributed by atoms with Gasteiger partial charge in [-0.1, -0.05) is 39.3 Å². The minimum absolute atomic E-state index is 0.184. The maximum absolute atomic E-state index is 12.6. The van der Waals surface area contributed by atoms with E-state index in [4.69, 9.17) is 9.26 Å². The number of rotatable bonds is 6. The maximum Gasteiger partial charge on any atom is 0.259 e. The standard InChI is InChI=1S/C23H19BrN4O4/c1-14-6-8-19(31-2)18(10-14)25-20(29)13-28-12-16(7-9-21(28)30)23-26-22(27-32-23)15-4-3-5-17(24)11-15/h3-12H,13H2,1-2H3,(H,25,29). The molecule has 2 aromatic carbocycles. The first-order valence-electron chi connectivity index (χ1n) is 9.68. The molecule has 4 aromatic rings. The summed E-state index contributed by atoms with van der Waals surface area (Å²) in [6.07, 6.45) is 1.52. The highest BCUT2D eigenvalue weighted by atomic mass is 79.9. The molecule has 32 heavy (non-hydrogen) atoms. The van der Waals surface area contributed by atoms with Crippen molar-refractivity contribution in [3.63, 3.8) is 0 Å². The van der Waals surface area contributed by atoms with E-state index in [0.717, 1.165) is 15.6 Å². The van der Waals surface area contributed by atoms with E-state index >= 15 is 0 Å². The number of benzene rings is 2.